The van der Waals surface area contributed by atoms with E-state index >= 15 is 0 Å². The van der Waals surface area contributed by atoms with Crippen molar-refractivity contribution in [3.63, 3.8) is 0 Å². The molecule has 0 saturated heterocycles. The van der Waals surface area contributed by atoms with Gasteiger partial charge in [0.05, 0.1) is 11.1 Å². The van der Waals surface area contributed by atoms with Gasteiger partial charge in [0.2, 0.25) is 0 Å². The number of nitrogens with zero attached hydrogens (tertiary/aromatic N) is 1. The van der Waals surface area contributed by atoms with Crippen molar-refractivity contribution in [1.29, 1.82) is 0 Å². The molecule has 1 amide bonds. The molecule has 104 valence electrons. The lowest BCUT2D eigenvalue weighted by molar-refractivity contribution is 0.102. The van der Waals surface area contributed by atoms with Gasteiger partial charge in [-0.3, -0.25) is 4.79 Å². The van der Waals surface area contributed by atoms with Gasteiger partial charge in [-0.1, -0.05) is 13.0 Å². The summed E-state index contributed by atoms with van der Waals surface area (Å²) in [4.78, 5) is 16.3. The van der Waals surface area contributed by atoms with E-state index in [-0.39, 0.29) is 5.91 Å². The number of benzene rings is 1. The molecule has 20 heavy (non-hydrogen) atoms. The molecule has 5 heteroatoms. The van der Waals surface area contributed by atoms with Gasteiger partial charge < -0.3 is 10.1 Å². The minimum atomic E-state index is -0.216. The van der Waals surface area contributed by atoms with E-state index in [4.69, 9.17) is 4.74 Å². The van der Waals surface area contributed by atoms with Gasteiger partial charge in [0.25, 0.3) is 5.91 Å². The number of pyridine rings is 1. The number of aromatic nitrogens is 1. The predicted molar refractivity (Wildman–Crippen MR) is 82.1 cm³/mol. The zero-order valence-corrected chi connectivity index (χ0v) is 12.7. The predicted octanol–water partition coefficient (Wildman–Crippen LogP) is 3.89. The second kappa shape index (κ2) is 7.05. The van der Waals surface area contributed by atoms with E-state index in [0.29, 0.717) is 23.7 Å². The van der Waals surface area contributed by atoms with Crippen LogP contribution in [0.15, 0.2) is 47.1 Å². The van der Waals surface area contributed by atoms with Crippen LogP contribution in [-0.2, 0) is 0 Å². The van der Waals surface area contributed by atoms with Crippen molar-refractivity contribution in [2.45, 2.75) is 13.3 Å². The van der Waals surface area contributed by atoms with Gasteiger partial charge in [0, 0.05) is 11.8 Å². The highest BCUT2D eigenvalue weighted by molar-refractivity contribution is 9.10. The molecule has 4 nitrogen and oxygen atoms in total. The first-order valence-corrected chi connectivity index (χ1v) is 7.14. The molecule has 0 aliphatic carbocycles. The van der Waals surface area contributed by atoms with Crippen LogP contribution in [0.4, 0.5) is 5.82 Å². The Morgan fingerprint density at radius 2 is 2.20 bits per heavy atom. The number of halogens is 1. The highest BCUT2D eigenvalue weighted by atomic mass is 79.9. The first kappa shape index (κ1) is 14.5. The molecular weight excluding hydrogens is 320 g/mol. The molecule has 0 radical (unpaired) electrons. The van der Waals surface area contributed by atoms with Crippen molar-refractivity contribution in [1.82, 2.24) is 4.98 Å². The zero-order valence-electron chi connectivity index (χ0n) is 11.1. The monoisotopic (exact) mass is 334 g/mol. The van der Waals surface area contributed by atoms with Crippen LogP contribution in [0.2, 0.25) is 0 Å². The van der Waals surface area contributed by atoms with E-state index in [9.17, 15) is 4.79 Å². The molecule has 1 aromatic carbocycles. The van der Waals surface area contributed by atoms with Gasteiger partial charge in [-0.2, -0.15) is 0 Å². The van der Waals surface area contributed by atoms with Crippen LogP contribution in [0.1, 0.15) is 23.7 Å². The highest BCUT2D eigenvalue weighted by Gasteiger charge is 2.09. The first-order chi connectivity index (χ1) is 9.70. The third-order valence-electron chi connectivity index (χ3n) is 2.56. The SMILES string of the molecule is CCCOc1cccc(C(=O)Nc2ncccc2Br)c1. The fourth-order valence-corrected chi connectivity index (χ4v) is 1.96. The summed E-state index contributed by atoms with van der Waals surface area (Å²) in [6, 6.07) is 10.7. The van der Waals surface area contributed by atoms with Crippen molar-refractivity contribution >= 4 is 27.7 Å². The van der Waals surface area contributed by atoms with Gasteiger partial charge >= 0.3 is 0 Å². The fraction of sp³-hybridized carbons (Fsp3) is 0.200. The van der Waals surface area contributed by atoms with Crippen LogP contribution < -0.4 is 10.1 Å². The average molecular weight is 335 g/mol. The second-order valence-corrected chi connectivity index (χ2v) is 5.02. The quantitative estimate of drug-likeness (QED) is 0.902. The Morgan fingerprint density at radius 3 is 2.95 bits per heavy atom. The fourth-order valence-electron chi connectivity index (χ4n) is 1.60. The summed E-state index contributed by atoms with van der Waals surface area (Å²) in [5, 5.41) is 2.76. The lowest BCUT2D eigenvalue weighted by Crippen LogP contribution is -2.13. The summed E-state index contributed by atoms with van der Waals surface area (Å²) in [5.74, 6) is 0.975. The lowest BCUT2D eigenvalue weighted by atomic mass is 10.2. The molecule has 1 heterocycles. The van der Waals surface area contributed by atoms with Crippen LogP contribution in [0.5, 0.6) is 5.75 Å². The number of nitrogens with one attached hydrogen (secondary N) is 1. The number of carbonyl (C=O) groups is 1. The number of anilines is 1. The molecule has 0 aliphatic heterocycles. The molecule has 0 atom stereocenters. The molecule has 0 saturated carbocycles. The Kier molecular flexibility index (Phi) is 5.12. The summed E-state index contributed by atoms with van der Waals surface area (Å²) < 4.78 is 6.26. The van der Waals surface area contributed by atoms with Crippen LogP contribution >= 0.6 is 15.9 Å². The first-order valence-electron chi connectivity index (χ1n) is 6.35. The maximum atomic E-state index is 12.2. The van der Waals surface area contributed by atoms with Crippen molar-refractivity contribution in [2.24, 2.45) is 0 Å². The molecule has 1 aromatic heterocycles. The molecule has 2 rings (SSSR count). The minimum absolute atomic E-state index is 0.216. The lowest BCUT2D eigenvalue weighted by Gasteiger charge is -2.08. The number of hydrogen-bond donors (Lipinski definition) is 1. The van der Waals surface area contributed by atoms with Crippen LogP contribution in [-0.4, -0.2) is 17.5 Å². The Morgan fingerprint density at radius 1 is 1.35 bits per heavy atom. The summed E-state index contributed by atoms with van der Waals surface area (Å²) in [7, 11) is 0. The van der Waals surface area contributed by atoms with Gasteiger partial charge in [-0.15, -0.1) is 0 Å². The zero-order chi connectivity index (χ0) is 14.4. The van der Waals surface area contributed by atoms with E-state index in [2.05, 4.69) is 26.2 Å². The molecular formula is C15H15BrN2O2. The summed E-state index contributed by atoms with van der Waals surface area (Å²) in [6.07, 6.45) is 2.55. The van der Waals surface area contributed by atoms with Gasteiger partial charge in [-0.25, -0.2) is 4.98 Å². The summed E-state index contributed by atoms with van der Waals surface area (Å²) in [5.41, 5.74) is 0.538. The smallest absolute Gasteiger partial charge is 0.256 e. The largest absolute Gasteiger partial charge is 0.494 e. The van der Waals surface area contributed by atoms with Gasteiger partial charge in [-0.05, 0) is 52.7 Å². The van der Waals surface area contributed by atoms with Crippen LogP contribution in [0, 0.1) is 0 Å². The Labute approximate surface area is 126 Å². The third kappa shape index (κ3) is 3.81. The van der Waals surface area contributed by atoms with E-state index in [0.717, 1.165) is 10.9 Å². The number of amides is 1. The summed E-state index contributed by atoms with van der Waals surface area (Å²) >= 11 is 3.34. The van der Waals surface area contributed by atoms with Gasteiger partial charge in [0.15, 0.2) is 0 Å². The number of carbonyl (C=O) groups excluding carboxylic acids is 1. The molecule has 0 aliphatic rings. The van der Waals surface area contributed by atoms with E-state index < -0.39 is 0 Å². The van der Waals surface area contributed by atoms with Crippen molar-refractivity contribution in [2.75, 3.05) is 11.9 Å². The van der Waals surface area contributed by atoms with E-state index in [1.165, 1.54) is 0 Å². The molecule has 0 unspecified atom stereocenters. The molecule has 1 N–H and O–H groups in total. The molecule has 0 fully saturated rings. The minimum Gasteiger partial charge on any atom is -0.494 e. The number of ether oxygens (including phenoxy) is 1. The van der Waals surface area contributed by atoms with Crippen molar-refractivity contribution in [3.05, 3.63) is 52.6 Å². The van der Waals surface area contributed by atoms with Crippen molar-refractivity contribution < 1.29 is 9.53 Å². The molecule has 0 spiro atoms. The Balaban J connectivity index is 2.11. The van der Waals surface area contributed by atoms with E-state index in [1.54, 1.807) is 30.5 Å². The summed E-state index contributed by atoms with van der Waals surface area (Å²) in [6.45, 7) is 2.67. The normalized spacial score (nSPS) is 10.1. The Bertz CT molecular complexity index is 602. The number of rotatable bonds is 5. The van der Waals surface area contributed by atoms with Crippen LogP contribution in [0.3, 0.4) is 0 Å². The maximum absolute atomic E-state index is 12.2. The molecule has 2 aromatic rings. The van der Waals surface area contributed by atoms with Crippen molar-refractivity contribution in [3.8, 4) is 5.75 Å². The van der Waals surface area contributed by atoms with Crippen LogP contribution in [0.25, 0.3) is 0 Å². The van der Waals surface area contributed by atoms with Gasteiger partial charge in [0.1, 0.15) is 11.6 Å². The Hall–Kier alpha value is -1.88. The standard InChI is InChI=1S/C15H15BrN2O2/c1-2-9-20-12-6-3-5-11(10-12)15(19)18-14-13(16)7-4-8-17-14/h3-8,10H,2,9H2,1H3,(H,17,18,19). The number of hydrogen-bond acceptors (Lipinski definition) is 3. The maximum Gasteiger partial charge on any atom is 0.256 e. The third-order valence-corrected chi connectivity index (χ3v) is 3.20. The second-order valence-electron chi connectivity index (χ2n) is 4.16. The average Bonchev–Trinajstić information content (AvgIpc) is 2.48. The topological polar surface area (TPSA) is 51.2 Å². The van der Waals surface area contributed by atoms with E-state index in [1.807, 2.05) is 19.1 Å². The highest BCUT2D eigenvalue weighted by Crippen LogP contribution is 2.20. The molecule has 0 bridgehead atoms.